The lowest BCUT2D eigenvalue weighted by Gasteiger charge is -2.59. The van der Waals surface area contributed by atoms with Crippen molar-refractivity contribution >= 4 is 0 Å². The van der Waals surface area contributed by atoms with Crippen LogP contribution in [0.3, 0.4) is 0 Å². The highest BCUT2D eigenvalue weighted by molar-refractivity contribution is 5.30. The van der Waals surface area contributed by atoms with Crippen LogP contribution in [0, 0.1) is 28.6 Å². The van der Waals surface area contributed by atoms with Crippen LogP contribution in [0.5, 0.6) is 0 Å². The SMILES string of the molecule is C[C@]12C=CC(O)CC1C=C[C@H]1[C@@H]3CC(F)C(O)[C@@]3(C)CC[C@]12F. The van der Waals surface area contributed by atoms with Crippen LogP contribution in [-0.4, -0.2) is 34.3 Å². The molecular weight excluding hydrogens is 298 g/mol. The van der Waals surface area contributed by atoms with Crippen LogP contribution in [0.25, 0.3) is 0 Å². The molecule has 0 aromatic rings. The van der Waals surface area contributed by atoms with E-state index in [1.54, 1.807) is 6.08 Å². The van der Waals surface area contributed by atoms with Crippen molar-refractivity contribution in [2.45, 2.75) is 63.6 Å². The average molecular weight is 324 g/mol. The van der Waals surface area contributed by atoms with Crippen LogP contribution >= 0.6 is 0 Å². The second-order valence-corrected chi connectivity index (χ2v) is 8.63. The van der Waals surface area contributed by atoms with Crippen molar-refractivity contribution in [3.63, 3.8) is 0 Å². The summed E-state index contributed by atoms with van der Waals surface area (Å²) in [6.07, 6.45) is 6.38. The number of hydrogen-bond acceptors (Lipinski definition) is 2. The van der Waals surface area contributed by atoms with Gasteiger partial charge in [-0.3, -0.25) is 0 Å². The van der Waals surface area contributed by atoms with Crippen molar-refractivity contribution in [3.05, 3.63) is 24.3 Å². The molecule has 4 heteroatoms. The minimum absolute atomic E-state index is 0.0272. The molecule has 0 aliphatic heterocycles. The van der Waals surface area contributed by atoms with Gasteiger partial charge in [0, 0.05) is 16.7 Å². The zero-order valence-corrected chi connectivity index (χ0v) is 13.8. The van der Waals surface area contributed by atoms with Gasteiger partial charge in [-0.25, -0.2) is 8.78 Å². The molecule has 2 nitrogen and oxygen atoms in total. The summed E-state index contributed by atoms with van der Waals surface area (Å²) >= 11 is 0. The van der Waals surface area contributed by atoms with Crippen LogP contribution in [0.4, 0.5) is 8.78 Å². The van der Waals surface area contributed by atoms with Gasteiger partial charge in [-0.1, -0.05) is 38.2 Å². The number of alkyl halides is 2. The zero-order chi connectivity index (χ0) is 16.6. The van der Waals surface area contributed by atoms with E-state index in [-0.39, 0.29) is 24.2 Å². The van der Waals surface area contributed by atoms with Gasteiger partial charge in [-0.05, 0) is 37.5 Å². The van der Waals surface area contributed by atoms with Gasteiger partial charge in [0.1, 0.15) is 11.8 Å². The van der Waals surface area contributed by atoms with Crippen molar-refractivity contribution in [2.75, 3.05) is 0 Å². The minimum Gasteiger partial charge on any atom is -0.390 e. The second-order valence-electron chi connectivity index (χ2n) is 8.63. The van der Waals surface area contributed by atoms with Gasteiger partial charge in [0.05, 0.1) is 12.2 Å². The van der Waals surface area contributed by atoms with E-state index < -0.39 is 34.9 Å². The Labute approximate surface area is 136 Å². The van der Waals surface area contributed by atoms with Crippen LogP contribution in [0.15, 0.2) is 24.3 Å². The van der Waals surface area contributed by atoms with Gasteiger partial charge in [-0.15, -0.1) is 0 Å². The summed E-state index contributed by atoms with van der Waals surface area (Å²) in [4.78, 5) is 0. The van der Waals surface area contributed by atoms with Gasteiger partial charge in [0.15, 0.2) is 0 Å². The maximum Gasteiger partial charge on any atom is 0.127 e. The van der Waals surface area contributed by atoms with E-state index in [0.29, 0.717) is 19.3 Å². The van der Waals surface area contributed by atoms with E-state index in [2.05, 4.69) is 0 Å². The first-order valence-corrected chi connectivity index (χ1v) is 8.79. The van der Waals surface area contributed by atoms with Gasteiger partial charge in [0.2, 0.25) is 0 Å². The molecule has 0 heterocycles. The number of rotatable bonds is 0. The normalized spacial score (nSPS) is 61.0. The quantitative estimate of drug-likeness (QED) is 0.671. The van der Waals surface area contributed by atoms with Crippen molar-refractivity contribution in [3.8, 4) is 0 Å². The van der Waals surface area contributed by atoms with Gasteiger partial charge < -0.3 is 10.2 Å². The first-order chi connectivity index (χ1) is 10.7. The number of hydrogen-bond donors (Lipinski definition) is 2. The molecule has 2 saturated carbocycles. The Hall–Kier alpha value is -0.740. The molecule has 0 aromatic heterocycles. The Morgan fingerprint density at radius 2 is 1.78 bits per heavy atom. The molecule has 0 spiro atoms. The number of allylic oxidation sites excluding steroid dienone is 3. The molecule has 0 radical (unpaired) electrons. The fourth-order valence-corrected chi connectivity index (χ4v) is 6.01. The summed E-state index contributed by atoms with van der Waals surface area (Å²) in [6, 6.07) is 0. The van der Waals surface area contributed by atoms with Crippen molar-refractivity contribution in [1.82, 2.24) is 0 Å². The highest BCUT2D eigenvalue weighted by Gasteiger charge is 2.67. The fourth-order valence-electron chi connectivity index (χ4n) is 6.01. The van der Waals surface area contributed by atoms with Gasteiger partial charge >= 0.3 is 0 Å². The van der Waals surface area contributed by atoms with Gasteiger partial charge in [-0.2, -0.15) is 0 Å². The summed E-state index contributed by atoms with van der Waals surface area (Å²) in [5.74, 6) is -0.557. The summed E-state index contributed by atoms with van der Waals surface area (Å²) in [5.41, 5.74) is -2.63. The maximum absolute atomic E-state index is 16.3. The average Bonchev–Trinajstić information content (AvgIpc) is 2.73. The topological polar surface area (TPSA) is 40.5 Å². The summed E-state index contributed by atoms with van der Waals surface area (Å²) < 4.78 is 30.5. The predicted octanol–water partition coefficient (Wildman–Crippen LogP) is 3.34. The zero-order valence-electron chi connectivity index (χ0n) is 13.8. The van der Waals surface area contributed by atoms with Crippen LogP contribution in [-0.2, 0) is 0 Å². The van der Waals surface area contributed by atoms with E-state index in [4.69, 9.17) is 0 Å². The highest BCUT2D eigenvalue weighted by atomic mass is 19.1. The second kappa shape index (κ2) is 4.66. The maximum atomic E-state index is 16.3. The van der Waals surface area contributed by atoms with Crippen molar-refractivity contribution in [2.24, 2.45) is 28.6 Å². The third-order valence-corrected chi connectivity index (χ3v) is 7.71. The monoisotopic (exact) mass is 324 g/mol. The standard InChI is InChI=1S/C19H26F2O2/c1-17-7-8-19(21)13(14(17)10-15(20)16(17)23)4-3-11-9-12(22)5-6-18(11,19)2/h3-6,11-16,22-23H,7-10H2,1-2H3/t11?,12?,13-,14-,15?,16?,17-,18-,19-/m0/s1. The molecule has 0 bridgehead atoms. The molecule has 2 fully saturated rings. The van der Waals surface area contributed by atoms with E-state index in [1.807, 2.05) is 32.1 Å². The number of aliphatic hydroxyl groups is 2. The molecule has 0 saturated heterocycles. The number of halogens is 2. The Bertz CT molecular complexity index is 576. The van der Waals surface area contributed by atoms with Crippen LogP contribution in [0.1, 0.15) is 39.5 Å². The van der Waals surface area contributed by atoms with Gasteiger partial charge in [0.25, 0.3) is 0 Å². The Balaban J connectivity index is 1.78. The lowest BCUT2D eigenvalue weighted by Crippen LogP contribution is -2.61. The molecule has 9 atom stereocenters. The third-order valence-electron chi connectivity index (χ3n) is 7.71. The summed E-state index contributed by atoms with van der Waals surface area (Å²) in [6.45, 7) is 3.86. The fraction of sp³-hybridized carbons (Fsp3) is 0.789. The molecule has 4 aliphatic rings. The Morgan fingerprint density at radius 3 is 2.52 bits per heavy atom. The van der Waals surface area contributed by atoms with E-state index in [1.165, 1.54) is 0 Å². The largest absolute Gasteiger partial charge is 0.390 e. The molecular formula is C19H26F2O2. The van der Waals surface area contributed by atoms with E-state index >= 15 is 4.39 Å². The van der Waals surface area contributed by atoms with E-state index in [0.717, 1.165) is 0 Å². The highest BCUT2D eigenvalue weighted by Crippen LogP contribution is 2.66. The summed E-state index contributed by atoms with van der Waals surface area (Å²) in [5, 5.41) is 20.2. The molecule has 128 valence electrons. The third kappa shape index (κ3) is 1.80. The number of aliphatic hydroxyl groups excluding tert-OH is 2. The number of fused-ring (bicyclic) bond motifs is 5. The summed E-state index contributed by atoms with van der Waals surface area (Å²) in [7, 11) is 0. The molecule has 4 aliphatic carbocycles. The van der Waals surface area contributed by atoms with E-state index in [9.17, 15) is 14.6 Å². The first kappa shape index (κ1) is 15.8. The molecule has 4 rings (SSSR count). The molecule has 4 unspecified atom stereocenters. The lowest BCUT2D eigenvalue weighted by molar-refractivity contribution is -0.137. The molecule has 0 amide bonds. The van der Waals surface area contributed by atoms with Crippen LogP contribution in [0.2, 0.25) is 0 Å². The predicted molar refractivity (Wildman–Crippen MR) is 84.2 cm³/mol. The Kier molecular flexibility index (Phi) is 3.20. The van der Waals surface area contributed by atoms with Crippen LogP contribution < -0.4 is 0 Å². The van der Waals surface area contributed by atoms with Crippen molar-refractivity contribution in [1.29, 1.82) is 0 Å². The lowest BCUT2D eigenvalue weighted by atomic mass is 9.47. The smallest absolute Gasteiger partial charge is 0.127 e. The molecule has 23 heavy (non-hydrogen) atoms. The minimum atomic E-state index is -1.43. The van der Waals surface area contributed by atoms with Crippen molar-refractivity contribution < 1.29 is 19.0 Å². The first-order valence-electron chi connectivity index (χ1n) is 8.79. The molecule has 2 N–H and O–H groups in total. The Morgan fingerprint density at radius 1 is 1.04 bits per heavy atom. The molecule has 0 aromatic carbocycles.